The van der Waals surface area contributed by atoms with Crippen molar-refractivity contribution in [1.29, 1.82) is 0 Å². The van der Waals surface area contributed by atoms with Crippen molar-refractivity contribution in [3.05, 3.63) is 0 Å². The van der Waals surface area contributed by atoms with Crippen LogP contribution in [0.3, 0.4) is 0 Å². The van der Waals surface area contributed by atoms with Gasteiger partial charge in [0.15, 0.2) is 0 Å². The Hall–Kier alpha value is -0.0400. The summed E-state index contributed by atoms with van der Waals surface area (Å²) in [5.41, 5.74) is 0. The maximum Gasteiger partial charge on any atom is 0.0571 e. The molecule has 0 aliphatic heterocycles. The zero-order valence-electron chi connectivity index (χ0n) is 8.42. The molecule has 0 aromatic heterocycles. The van der Waals surface area contributed by atoms with Crippen LogP contribution in [0.2, 0.25) is 0 Å². The highest BCUT2D eigenvalue weighted by Gasteiger charge is 2.30. The number of hydrogen-bond acceptors (Lipinski definition) is 1. The molecule has 1 aliphatic rings. The molecule has 1 aliphatic carbocycles. The summed E-state index contributed by atoms with van der Waals surface area (Å²) < 4.78 is 0. The van der Waals surface area contributed by atoms with Gasteiger partial charge in [0, 0.05) is 0 Å². The first-order chi connectivity index (χ1) is 5.75. The fourth-order valence-corrected chi connectivity index (χ4v) is 2.35. The van der Waals surface area contributed by atoms with E-state index in [1.54, 1.807) is 0 Å². The molecule has 72 valence electrons. The van der Waals surface area contributed by atoms with E-state index in [9.17, 15) is 5.11 Å². The highest BCUT2D eigenvalue weighted by Crippen LogP contribution is 2.35. The number of aliphatic hydroxyl groups excluding tert-OH is 1. The average Bonchev–Trinajstić information content (AvgIpc) is 2.35. The molecule has 0 heterocycles. The van der Waals surface area contributed by atoms with Crippen molar-refractivity contribution < 1.29 is 5.11 Å². The largest absolute Gasteiger partial charge is 0.393 e. The maximum atomic E-state index is 9.66. The van der Waals surface area contributed by atoms with Crippen molar-refractivity contribution in [2.24, 2.45) is 11.8 Å². The van der Waals surface area contributed by atoms with Crippen LogP contribution in [0, 0.1) is 11.8 Å². The van der Waals surface area contributed by atoms with Gasteiger partial charge >= 0.3 is 0 Å². The lowest BCUT2D eigenvalue weighted by Gasteiger charge is -2.18. The number of rotatable bonds is 4. The predicted molar refractivity (Wildman–Crippen MR) is 52.0 cm³/mol. The molecule has 1 heteroatoms. The van der Waals surface area contributed by atoms with E-state index in [0.717, 1.165) is 12.3 Å². The van der Waals surface area contributed by atoms with E-state index in [-0.39, 0.29) is 6.10 Å². The molecule has 0 unspecified atom stereocenters. The van der Waals surface area contributed by atoms with E-state index in [1.165, 1.54) is 32.1 Å². The summed E-state index contributed by atoms with van der Waals surface area (Å²) in [6.07, 6.45) is 7.46. The summed E-state index contributed by atoms with van der Waals surface area (Å²) in [5.74, 6) is 1.37. The Bertz CT molecular complexity index is 112. The van der Waals surface area contributed by atoms with Gasteiger partial charge < -0.3 is 5.11 Å². The Morgan fingerprint density at radius 1 is 1.25 bits per heavy atom. The van der Waals surface area contributed by atoms with Crippen molar-refractivity contribution in [2.45, 2.75) is 58.5 Å². The second-order valence-electron chi connectivity index (χ2n) is 4.28. The van der Waals surface area contributed by atoms with Crippen LogP contribution in [0.4, 0.5) is 0 Å². The molecule has 1 N–H and O–H groups in total. The zero-order chi connectivity index (χ0) is 8.97. The predicted octanol–water partition coefficient (Wildman–Crippen LogP) is 2.97. The molecule has 1 saturated carbocycles. The second-order valence-corrected chi connectivity index (χ2v) is 4.28. The van der Waals surface area contributed by atoms with Crippen molar-refractivity contribution >= 4 is 0 Å². The maximum absolute atomic E-state index is 9.66. The van der Waals surface area contributed by atoms with Crippen LogP contribution in [-0.4, -0.2) is 11.2 Å². The quantitative estimate of drug-likeness (QED) is 0.643. The van der Waals surface area contributed by atoms with Crippen LogP contribution in [0.5, 0.6) is 0 Å². The van der Waals surface area contributed by atoms with Crippen LogP contribution < -0.4 is 0 Å². The van der Waals surface area contributed by atoms with Crippen molar-refractivity contribution in [3.63, 3.8) is 0 Å². The fourth-order valence-electron chi connectivity index (χ4n) is 2.35. The molecule has 1 nitrogen and oxygen atoms in total. The molecule has 3 atom stereocenters. The van der Waals surface area contributed by atoms with Crippen LogP contribution in [-0.2, 0) is 0 Å². The third kappa shape index (κ3) is 2.48. The monoisotopic (exact) mass is 170 g/mol. The van der Waals surface area contributed by atoms with E-state index in [1.807, 2.05) is 0 Å². The highest BCUT2D eigenvalue weighted by atomic mass is 16.3. The van der Waals surface area contributed by atoms with Crippen LogP contribution in [0.25, 0.3) is 0 Å². The summed E-state index contributed by atoms with van der Waals surface area (Å²) in [5, 5.41) is 9.66. The first-order valence-corrected chi connectivity index (χ1v) is 5.43. The molecule has 12 heavy (non-hydrogen) atoms. The molecule has 0 aromatic rings. The van der Waals surface area contributed by atoms with Crippen LogP contribution in [0.15, 0.2) is 0 Å². The van der Waals surface area contributed by atoms with Crippen molar-refractivity contribution in [2.75, 3.05) is 0 Å². The minimum absolute atomic E-state index is 0.0110. The molecular weight excluding hydrogens is 148 g/mol. The van der Waals surface area contributed by atoms with E-state index >= 15 is 0 Å². The first kappa shape index (κ1) is 10.0. The van der Waals surface area contributed by atoms with E-state index in [0.29, 0.717) is 5.92 Å². The smallest absolute Gasteiger partial charge is 0.0571 e. The van der Waals surface area contributed by atoms with Gasteiger partial charge in [-0.2, -0.15) is 0 Å². The van der Waals surface area contributed by atoms with Crippen LogP contribution in [0.1, 0.15) is 52.4 Å². The second kappa shape index (κ2) is 4.86. The van der Waals surface area contributed by atoms with E-state index < -0.39 is 0 Å². The van der Waals surface area contributed by atoms with Gasteiger partial charge in [-0.3, -0.25) is 0 Å². The minimum Gasteiger partial charge on any atom is -0.393 e. The Balaban J connectivity index is 2.20. The SMILES string of the molecule is CCCCC[C@H]1[C@@H](C)CC[C@@H]1O. The molecule has 0 amide bonds. The molecule has 0 bridgehead atoms. The number of hydrogen-bond donors (Lipinski definition) is 1. The summed E-state index contributed by atoms with van der Waals surface area (Å²) in [4.78, 5) is 0. The molecular formula is C11H22O. The lowest BCUT2D eigenvalue weighted by Crippen LogP contribution is -2.17. The molecule has 0 spiro atoms. The highest BCUT2D eigenvalue weighted by molar-refractivity contribution is 4.81. The topological polar surface area (TPSA) is 20.2 Å². The molecule has 0 saturated heterocycles. The lowest BCUT2D eigenvalue weighted by molar-refractivity contribution is 0.113. The standard InChI is InChI=1S/C11H22O/c1-3-4-5-6-10-9(2)7-8-11(10)12/h9-12H,3-8H2,1-2H3/t9-,10-,11-/m0/s1. The summed E-state index contributed by atoms with van der Waals surface area (Å²) in [6, 6.07) is 0. The Kier molecular flexibility index (Phi) is 4.07. The van der Waals surface area contributed by atoms with E-state index in [4.69, 9.17) is 0 Å². The van der Waals surface area contributed by atoms with Gasteiger partial charge in [0.2, 0.25) is 0 Å². The number of aliphatic hydroxyl groups is 1. The van der Waals surface area contributed by atoms with Crippen molar-refractivity contribution in [3.8, 4) is 0 Å². The molecule has 1 rings (SSSR count). The van der Waals surface area contributed by atoms with Crippen molar-refractivity contribution in [1.82, 2.24) is 0 Å². The Morgan fingerprint density at radius 3 is 2.50 bits per heavy atom. The third-order valence-corrected chi connectivity index (χ3v) is 3.28. The summed E-state index contributed by atoms with van der Waals surface area (Å²) >= 11 is 0. The third-order valence-electron chi connectivity index (χ3n) is 3.28. The molecule has 0 radical (unpaired) electrons. The first-order valence-electron chi connectivity index (χ1n) is 5.43. The number of unbranched alkanes of at least 4 members (excludes halogenated alkanes) is 2. The van der Waals surface area contributed by atoms with Gasteiger partial charge in [-0.1, -0.05) is 33.1 Å². The minimum atomic E-state index is 0.0110. The van der Waals surface area contributed by atoms with Gasteiger partial charge in [-0.15, -0.1) is 0 Å². The fraction of sp³-hybridized carbons (Fsp3) is 1.00. The summed E-state index contributed by atoms with van der Waals surface area (Å²) in [6.45, 7) is 4.52. The van der Waals surface area contributed by atoms with Gasteiger partial charge in [0.1, 0.15) is 0 Å². The lowest BCUT2D eigenvalue weighted by atomic mass is 9.91. The summed E-state index contributed by atoms with van der Waals surface area (Å²) in [7, 11) is 0. The van der Waals surface area contributed by atoms with Gasteiger partial charge in [-0.25, -0.2) is 0 Å². The van der Waals surface area contributed by atoms with Crippen LogP contribution >= 0.6 is 0 Å². The average molecular weight is 170 g/mol. The Morgan fingerprint density at radius 2 is 2.00 bits per heavy atom. The molecule has 0 aromatic carbocycles. The normalized spacial score (nSPS) is 35.8. The van der Waals surface area contributed by atoms with Gasteiger partial charge in [-0.05, 0) is 31.1 Å². The van der Waals surface area contributed by atoms with Gasteiger partial charge in [0.25, 0.3) is 0 Å². The van der Waals surface area contributed by atoms with Gasteiger partial charge in [0.05, 0.1) is 6.10 Å². The molecule has 1 fully saturated rings. The Labute approximate surface area is 76.2 Å². The van der Waals surface area contributed by atoms with E-state index in [2.05, 4.69) is 13.8 Å². The zero-order valence-corrected chi connectivity index (χ0v) is 8.42.